The third-order valence-corrected chi connectivity index (χ3v) is 2.54. The molecule has 1 aromatic carbocycles. The molecular formula is C18H28N2O2. The van der Waals surface area contributed by atoms with E-state index in [9.17, 15) is 0 Å². The Morgan fingerprint density at radius 1 is 1.09 bits per heavy atom. The maximum absolute atomic E-state index is 9.05. The van der Waals surface area contributed by atoms with Gasteiger partial charge in [-0.2, -0.15) is 0 Å². The van der Waals surface area contributed by atoms with Gasteiger partial charge in [-0.05, 0) is 44.0 Å². The summed E-state index contributed by atoms with van der Waals surface area (Å²) in [5.41, 5.74) is 6.76. The molecule has 0 amide bonds. The third kappa shape index (κ3) is 8.97. The van der Waals surface area contributed by atoms with E-state index in [1.165, 1.54) is 11.6 Å². The van der Waals surface area contributed by atoms with Gasteiger partial charge in [-0.15, -0.1) is 0 Å². The first-order valence-electron chi connectivity index (χ1n) is 7.78. The van der Waals surface area contributed by atoms with Crippen LogP contribution in [0.4, 0.5) is 0 Å². The number of pyridine rings is 1. The number of benzene rings is 1. The molecule has 0 spiro atoms. The second-order valence-corrected chi connectivity index (χ2v) is 4.14. The Balaban J connectivity index is 0.000000360. The van der Waals surface area contributed by atoms with Gasteiger partial charge in [0.25, 0.3) is 5.88 Å². The smallest absolute Gasteiger partial charge is 0.256 e. The molecule has 0 radical (unpaired) electrons. The topological polar surface area (TPSA) is 68.4 Å². The van der Waals surface area contributed by atoms with E-state index in [0.29, 0.717) is 12.5 Å². The monoisotopic (exact) mass is 304 g/mol. The summed E-state index contributed by atoms with van der Waals surface area (Å²) in [6, 6.07) is 13.6. The van der Waals surface area contributed by atoms with Crippen LogP contribution in [0.1, 0.15) is 32.8 Å². The lowest BCUT2D eigenvalue weighted by molar-refractivity contribution is 0.305. The molecule has 0 aliphatic rings. The van der Waals surface area contributed by atoms with Gasteiger partial charge in [0.15, 0.2) is 5.75 Å². The van der Waals surface area contributed by atoms with Crippen LogP contribution >= 0.6 is 0 Å². The van der Waals surface area contributed by atoms with Gasteiger partial charge in [0, 0.05) is 6.20 Å². The predicted octanol–water partition coefficient (Wildman–Crippen LogP) is 3.79. The largest absolute Gasteiger partial charge is 0.503 e. The van der Waals surface area contributed by atoms with E-state index >= 15 is 0 Å². The van der Waals surface area contributed by atoms with Crippen molar-refractivity contribution in [3.63, 3.8) is 0 Å². The average molecular weight is 304 g/mol. The zero-order valence-corrected chi connectivity index (χ0v) is 13.8. The van der Waals surface area contributed by atoms with Gasteiger partial charge in [0.05, 0.1) is 6.61 Å². The van der Waals surface area contributed by atoms with E-state index in [4.69, 9.17) is 15.6 Å². The Hall–Kier alpha value is -2.07. The summed E-state index contributed by atoms with van der Waals surface area (Å²) in [6.45, 7) is 7.15. The number of aromatic hydroxyl groups is 1. The molecule has 0 fully saturated rings. The molecule has 0 atom stereocenters. The van der Waals surface area contributed by atoms with Crippen molar-refractivity contribution in [3.8, 4) is 11.6 Å². The highest BCUT2D eigenvalue weighted by Gasteiger charge is 1.98. The molecule has 0 aliphatic heterocycles. The normalized spacial score (nSPS) is 8.91. The molecule has 2 aromatic rings. The van der Waals surface area contributed by atoms with Crippen LogP contribution in [0.3, 0.4) is 0 Å². The molecule has 4 heteroatoms. The van der Waals surface area contributed by atoms with Crippen molar-refractivity contribution in [2.24, 2.45) is 5.73 Å². The Morgan fingerprint density at radius 2 is 1.77 bits per heavy atom. The minimum Gasteiger partial charge on any atom is -0.503 e. The molecule has 122 valence electrons. The minimum absolute atomic E-state index is 0.0874. The molecule has 0 saturated carbocycles. The molecular weight excluding hydrogens is 276 g/mol. The van der Waals surface area contributed by atoms with Crippen LogP contribution in [-0.2, 0) is 6.42 Å². The second-order valence-electron chi connectivity index (χ2n) is 4.14. The Morgan fingerprint density at radius 3 is 2.32 bits per heavy atom. The first kappa shape index (κ1) is 19.9. The van der Waals surface area contributed by atoms with E-state index in [0.717, 1.165) is 19.4 Å². The zero-order valence-electron chi connectivity index (χ0n) is 13.8. The summed E-state index contributed by atoms with van der Waals surface area (Å²) >= 11 is 0. The summed E-state index contributed by atoms with van der Waals surface area (Å²) in [5, 5.41) is 9.05. The number of rotatable bonds is 5. The summed E-state index contributed by atoms with van der Waals surface area (Å²) in [4.78, 5) is 3.80. The molecule has 22 heavy (non-hydrogen) atoms. The maximum Gasteiger partial charge on any atom is 0.256 e. The lowest BCUT2D eigenvalue weighted by atomic mass is 10.1. The molecule has 0 aliphatic carbocycles. The molecule has 2 rings (SSSR count). The quantitative estimate of drug-likeness (QED) is 0.882. The van der Waals surface area contributed by atoms with Crippen molar-refractivity contribution in [3.05, 3.63) is 54.2 Å². The molecule has 4 nitrogen and oxygen atoms in total. The van der Waals surface area contributed by atoms with Gasteiger partial charge in [0.1, 0.15) is 0 Å². The first-order chi connectivity index (χ1) is 10.8. The summed E-state index contributed by atoms with van der Waals surface area (Å²) in [7, 11) is 0. The molecule has 0 bridgehead atoms. The van der Waals surface area contributed by atoms with E-state index in [-0.39, 0.29) is 5.75 Å². The number of nitrogens with zero attached hydrogens (tertiary/aromatic N) is 1. The highest BCUT2D eigenvalue weighted by atomic mass is 16.5. The maximum atomic E-state index is 9.05. The van der Waals surface area contributed by atoms with Gasteiger partial charge >= 0.3 is 0 Å². The second kappa shape index (κ2) is 13.9. The molecule has 3 N–H and O–H groups in total. The van der Waals surface area contributed by atoms with Crippen LogP contribution in [0.2, 0.25) is 0 Å². The lowest BCUT2D eigenvalue weighted by Gasteiger charge is -2.01. The fourth-order valence-electron chi connectivity index (χ4n) is 1.58. The van der Waals surface area contributed by atoms with E-state index in [1.807, 2.05) is 26.8 Å². The number of hydrogen-bond donors (Lipinski definition) is 2. The predicted molar refractivity (Wildman–Crippen MR) is 92.2 cm³/mol. The van der Waals surface area contributed by atoms with Crippen molar-refractivity contribution >= 4 is 0 Å². The van der Waals surface area contributed by atoms with E-state index in [1.54, 1.807) is 12.3 Å². The molecule has 1 heterocycles. The van der Waals surface area contributed by atoms with Crippen LogP contribution in [0.25, 0.3) is 0 Å². The van der Waals surface area contributed by atoms with Crippen molar-refractivity contribution in [1.29, 1.82) is 0 Å². The summed E-state index contributed by atoms with van der Waals surface area (Å²) in [5.74, 6) is 0.384. The van der Waals surface area contributed by atoms with Crippen LogP contribution in [0.15, 0.2) is 48.7 Å². The van der Waals surface area contributed by atoms with Gasteiger partial charge in [0.2, 0.25) is 0 Å². The van der Waals surface area contributed by atoms with Crippen LogP contribution in [0, 0.1) is 0 Å². The highest BCUT2D eigenvalue weighted by molar-refractivity contribution is 5.30. The van der Waals surface area contributed by atoms with Crippen molar-refractivity contribution in [2.75, 3.05) is 13.2 Å². The fourth-order valence-corrected chi connectivity index (χ4v) is 1.58. The Bertz CT molecular complexity index is 476. The molecule has 0 unspecified atom stereocenters. The van der Waals surface area contributed by atoms with Gasteiger partial charge in [-0.25, -0.2) is 4.98 Å². The number of aryl methyl sites for hydroxylation is 1. The van der Waals surface area contributed by atoms with Crippen LogP contribution in [0.5, 0.6) is 11.6 Å². The average Bonchev–Trinajstić information content (AvgIpc) is 2.59. The highest BCUT2D eigenvalue weighted by Crippen LogP contribution is 2.20. The van der Waals surface area contributed by atoms with Gasteiger partial charge in [-0.3, -0.25) is 0 Å². The number of nitrogens with two attached hydrogens (primary N) is 1. The third-order valence-electron chi connectivity index (χ3n) is 2.54. The fraction of sp³-hybridized carbons (Fsp3) is 0.389. The standard InChI is InChI=1S/C9H13N.C7H9NO2.C2H6/c10-8-4-7-9-5-2-1-3-6-9;1-2-10-7-6(9)4-3-5-8-7;1-2/h1-3,5-6H,4,7-8,10H2;3-5,9H,2H2,1H3;1-2H3. The van der Waals surface area contributed by atoms with Crippen LogP contribution < -0.4 is 10.5 Å². The summed E-state index contributed by atoms with van der Waals surface area (Å²) < 4.78 is 4.98. The molecule has 1 aromatic heterocycles. The summed E-state index contributed by atoms with van der Waals surface area (Å²) in [6.07, 6.45) is 3.77. The van der Waals surface area contributed by atoms with E-state index in [2.05, 4.69) is 29.2 Å². The van der Waals surface area contributed by atoms with Crippen LogP contribution in [-0.4, -0.2) is 23.2 Å². The van der Waals surface area contributed by atoms with Crippen molar-refractivity contribution < 1.29 is 9.84 Å². The van der Waals surface area contributed by atoms with Crippen molar-refractivity contribution in [1.82, 2.24) is 4.98 Å². The minimum atomic E-state index is 0.0874. The number of aromatic nitrogens is 1. The first-order valence-corrected chi connectivity index (χ1v) is 7.78. The van der Waals surface area contributed by atoms with Gasteiger partial charge in [-0.1, -0.05) is 44.2 Å². The van der Waals surface area contributed by atoms with Gasteiger partial charge < -0.3 is 15.6 Å². The Labute approximate surface area is 134 Å². The zero-order chi connectivity index (χ0) is 16.6. The number of hydrogen-bond acceptors (Lipinski definition) is 4. The number of ether oxygens (including phenoxy) is 1. The Kier molecular flexibility index (Phi) is 12.6. The molecule has 0 saturated heterocycles. The van der Waals surface area contributed by atoms with Crippen molar-refractivity contribution in [2.45, 2.75) is 33.6 Å². The van der Waals surface area contributed by atoms with E-state index < -0.39 is 0 Å². The lowest BCUT2D eigenvalue weighted by Crippen LogP contribution is -1.99. The SMILES string of the molecule is CC.CCOc1ncccc1O.NCCCc1ccccc1.